The van der Waals surface area contributed by atoms with E-state index in [-0.39, 0.29) is 0 Å². The van der Waals surface area contributed by atoms with E-state index in [0.717, 1.165) is 11.3 Å². The molecule has 0 aliphatic rings. The van der Waals surface area contributed by atoms with E-state index in [1.54, 1.807) is 6.20 Å². The van der Waals surface area contributed by atoms with Gasteiger partial charge in [-0.3, -0.25) is 5.10 Å². The van der Waals surface area contributed by atoms with Crippen LogP contribution in [0.4, 0.5) is 5.88 Å². The topological polar surface area (TPSA) is 80.7 Å². The summed E-state index contributed by atoms with van der Waals surface area (Å²) in [7, 11) is 0. The number of anilines is 1. The predicted octanol–water partition coefficient (Wildman–Crippen LogP) is 0.955. The molecule has 0 aliphatic heterocycles. The van der Waals surface area contributed by atoms with Gasteiger partial charge in [0.05, 0.1) is 5.69 Å². The average Bonchev–Trinajstić information content (AvgIpc) is 2.64. The minimum Gasteiger partial charge on any atom is -0.367 e. The number of hydrogen-bond acceptors (Lipinski definition) is 4. The molecular formula is C7H8N4O. The first kappa shape index (κ1) is 6.90. The number of nitrogens with one attached hydrogen (secondary N) is 1. The highest BCUT2D eigenvalue weighted by Gasteiger charge is 2.11. The molecule has 5 nitrogen and oxygen atoms in total. The highest BCUT2D eigenvalue weighted by atomic mass is 16.5. The molecule has 5 heteroatoms. The molecule has 0 radical (unpaired) electrons. The molecule has 2 aromatic heterocycles. The van der Waals surface area contributed by atoms with Crippen LogP contribution >= 0.6 is 0 Å². The van der Waals surface area contributed by atoms with Gasteiger partial charge in [-0.25, -0.2) is 0 Å². The largest absolute Gasteiger partial charge is 0.367 e. The number of rotatable bonds is 1. The van der Waals surface area contributed by atoms with Crippen molar-refractivity contribution in [3.05, 3.63) is 17.8 Å². The fraction of sp³-hybridized carbons (Fsp3) is 0.143. The van der Waals surface area contributed by atoms with Crippen molar-refractivity contribution in [2.24, 2.45) is 0 Å². The van der Waals surface area contributed by atoms with E-state index in [9.17, 15) is 0 Å². The first-order valence-corrected chi connectivity index (χ1v) is 3.50. The van der Waals surface area contributed by atoms with E-state index < -0.39 is 0 Å². The lowest BCUT2D eigenvalue weighted by Crippen LogP contribution is -1.85. The molecule has 0 aliphatic carbocycles. The lowest BCUT2D eigenvalue weighted by molar-refractivity contribution is 0.438. The number of H-pyrrole nitrogens is 1. The van der Waals surface area contributed by atoms with E-state index >= 15 is 0 Å². The lowest BCUT2D eigenvalue weighted by Gasteiger charge is -1.89. The zero-order valence-electron chi connectivity index (χ0n) is 6.53. The number of nitrogen functional groups attached to an aromatic ring is 1. The fourth-order valence-corrected chi connectivity index (χ4v) is 0.987. The van der Waals surface area contributed by atoms with Gasteiger partial charge < -0.3 is 10.3 Å². The summed E-state index contributed by atoms with van der Waals surface area (Å²) in [5.74, 6) is 0.347. The van der Waals surface area contributed by atoms with Crippen molar-refractivity contribution in [3.8, 4) is 11.4 Å². The van der Waals surface area contributed by atoms with Crippen LogP contribution in [0.5, 0.6) is 0 Å². The molecule has 2 heterocycles. The van der Waals surface area contributed by atoms with Gasteiger partial charge in [-0.15, -0.1) is 0 Å². The second-order valence-electron chi connectivity index (χ2n) is 2.49. The van der Waals surface area contributed by atoms with Crippen LogP contribution < -0.4 is 5.73 Å². The number of aromatic nitrogens is 3. The third kappa shape index (κ3) is 0.868. The Kier molecular flexibility index (Phi) is 1.36. The molecule has 0 amide bonds. The van der Waals surface area contributed by atoms with Gasteiger partial charge >= 0.3 is 0 Å². The van der Waals surface area contributed by atoms with Crippen molar-refractivity contribution >= 4 is 5.88 Å². The monoisotopic (exact) mass is 164 g/mol. The van der Waals surface area contributed by atoms with E-state index in [1.165, 1.54) is 0 Å². The van der Waals surface area contributed by atoms with Gasteiger partial charge in [0.15, 0.2) is 0 Å². The van der Waals surface area contributed by atoms with Crippen LogP contribution in [-0.4, -0.2) is 15.4 Å². The van der Waals surface area contributed by atoms with Gasteiger partial charge in [0.25, 0.3) is 0 Å². The Balaban J connectivity index is 2.55. The molecule has 0 bridgehead atoms. The summed E-state index contributed by atoms with van der Waals surface area (Å²) in [6.45, 7) is 1.85. The smallest absolute Gasteiger partial charge is 0.225 e. The molecular weight excluding hydrogens is 156 g/mol. The van der Waals surface area contributed by atoms with Gasteiger partial charge in [-0.05, 0) is 13.0 Å². The van der Waals surface area contributed by atoms with Crippen LogP contribution in [0.25, 0.3) is 11.4 Å². The average molecular weight is 164 g/mol. The summed E-state index contributed by atoms with van der Waals surface area (Å²) in [4.78, 5) is 0. The summed E-state index contributed by atoms with van der Waals surface area (Å²) < 4.78 is 4.80. The van der Waals surface area contributed by atoms with Gasteiger partial charge in [-0.1, -0.05) is 5.16 Å². The Morgan fingerprint density at radius 3 is 2.92 bits per heavy atom. The van der Waals surface area contributed by atoms with Crippen molar-refractivity contribution in [2.45, 2.75) is 6.92 Å². The van der Waals surface area contributed by atoms with E-state index in [4.69, 9.17) is 10.3 Å². The lowest BCUT2D eigenvalue weighted by atomic mass is 10.2. The van der Waals surface area contributed by atoms with Crippen LogP contribution in [0.15, 0.2) is 16.8 Å². The Labute approximate surface area is 68.6 Å². The van der Waals surface area contributed by atoms with Crippen molar-refractivity contribution in [3.63, 3.8) is 0 Å². The van der Waals surface area contributed by atoms with Crippen LogP contribution in [-0.2, 0) is 0 Å². The van der Waals surface area contributed by atoms with Crippen molar-refractivity contribution < 1.29 is 4.52 Å². The first-order chi connectivity index (χ1) is 5.79. The Bertz CT molecular complexity index is 376. The predicted molar refractivity (Wildman–Crippen MR) is 43.2 cm³/mol. The fourth-order valence-electron chi connectivity index (χ4n) is 0.987. The van der Waals surface area contributed by atoms with E-state index in [0.29, 0.717) is 11.6 Å². The van der Waals surface area contributed by atoms with Crippen molar-refractivity contribution in [2.75, 3.05) is 5.73 Å². The molecule has 2 rings (SSSR count). The molecule has 0 saturated carbocycles. The number of nitrogens with zero attached hydrogens (tertiary/aromatic N) is 2. The molecule has 0 unspecified atom stereocenters. The summed E-state index contributed by atoms with van der Waals surface area (Å²) in [5, 5.41) is 10.4. The van der Waals surface area contributed by atoms with Gasteiger partial charge in [0.1, 0.15) is 5.69 Å². The third-order valence-corrected chi connectivity index (χ3v) is 1.72. The highest BCUT2D eigenvalue weighted by molar-refractivity contribution is 5.62. The third-order valence-electron chi connectivity index (χ3n) is 1.72. The number of hydrogen-bond donors (Lipinski definition) is 2. The van der Waals surface area contributed by atoms with Gasteiger partial charge in [-0.2, -0.15) is 5.10 Å². The molecule has 12 heavy (non-hydrogen) atoms. The number of nitrogens with two attached hydrogens (primary N) is 1. The minimum atomic E-state index is 0.347. The standard InChI is InChI=1S/C7H8N4O/c1-4-6(11-12-7(4)8)5-2-3-9-10-5/h2-3H,8H2,1H3,(H,9,10). The van der Waals surface area contributed by atoms with Crippen molar-refractivity contribution in [1.29, 1.82) is 0 Å². The van der Waals surface area contributed by atoms with Crippen molar-refractivity contribution in [1.82, 2.24) is 15.4 Å². The molecule has 62 valence electrons. The Hall–Kier alpha value is -1.78. The Morgan fingerprint density at radius 2 is 2.42 bits per heavy atom. The van der Waals surface area contributed by atoms with Gasteiger partial charge in [0, 0.05) is 11.8 Å². The normalized spacial score (nSPS) is 10.4. The Morgan fingerprint density at radius 1 is 1.58 bits per heavy atom. The van der Waals surface area contributed by atoms with E-state index in [2.05, 4.69) is 15.4 Å². The second-order valence-corrected chi connectivity index (χ2v) is 2.49. The van der Waals surface area contributed by atoms with Gasteiger partial charge in [0.2, 0.25) is 5.88 Å². The zero-order valence-corrected chi connectivity index (χ0v) is 6.53. The maximum atomic E-state index is 5.48. The molecule has 3 N–H and O–H groups in total. The SMILES string of the molecule is Cc1c(-c2ccn[nH]2)noc1N. The molecule has 2 aromatic rings. The van der Waals surface area contributed by atoms with Crippen LogP contribution in [0.1, 0.15) is 5.56 Å². The molecule has 0 saturated heterocycles. The summed E-state index contributed by atoms with van der Waals surface area (Å²) in [6, 6.07) is 1.81. The molecule has 0 spiro atoms. The van der Waals surface area contributed by atoms with Crippen LogP contribution in [0.3, 0.4) is 0 Å². The summed E-state index contributed by atoms with van der Waals surface area (Å²) in [6.07, 6.45) is 1.65. The van der Waals surface area contributed by atoms with Crippen LogP contribution in [0, 0.1) is 6.92 Å². The van der Waals surface area contributed by atoms with E-state index in [1.807, 2.05) is 13.0 Å². The second kappa shape index (κ2) is 2.37. The maximum absolute atomic E-state index is 5.48. The molecule has 0 fully saturated rings. The first-order valence-electron chi connectivity index (χ1n) is 3.50. The summed E-state index contributed by atoms with van der Waals surface area (Å²) >= 11 is 0. The molecule has 0 aromatic carbocycles. The zero-order chi connectivity index (χ0) is 8.55. The number of aromatic amines is 1. The highest BCUT2D eigenvalue weighted by Crippen LogP contribution is 2.23. The van der Waals surface area contributed by atoms with Crippen LogP contribution in [0.2, 0.25) is 0 Å². The molecule has 0 atom stereocenters. The summed E-state index contributed by atoms with van der Waals surface area (Å²) in [5.41, 5.74) is 7.84. The minimum absolute atomic E-state index is 0.347. The quantitative estimate of drug-likeness (QED) is 0.657. The maximum Gasteiger partial charge on any atom is 0.225 e.